The lowest BCUT2D eigenvalue weighted by atomic mass is 10.2. The van der Waals surface area contributed by atoms with Gasteiger partial charge in [0.2, 0.25) is 15.9 Å². The number of sulfonamides is 1. The number of primary sulfonamides is 1. The Morgan fingerprint density at radius 2 is 2.04 bits per heavy atom. The van der Waals surface area contributed by atoms with E-state index in [4.69, 9.17) is 16.7 Å². The highest BCUT2D eigenvalue weighted by Gasteiger charge is 2.13. The molecule has 0 saturated heterocycles. The number of imidazole rings is 1. The van der Waals surface area contributed by atoms with E-state index in [1.807, 2.05) is 29.7 Å². The molecule has 1 heterocycles. The van der Waals surface area contributed by atoms with Crippen LogP contribution in [0, 0.1) is 6.92 Å². The SMILES string of the molecule is Cc1c(Cl)cccc1-n1ccnc1SCC(=O)Nc1cccc(S(N)(=O)=O)c1. The first-order valence-corrected chi connectivity index (χ1v) is 11.0. The van der Waals surface area contributed by atoms with Crippen molar-refractivity contribution in [2.45, 2.75) is 17.0 Å². The molecule has 7 nitrogen and oxygen atoms in total. The lowest BCUT2D eigenvalue weighted by Gasteiger charge is -2.11. The molecule has 0 fully saturated rings. The first-order valence-electron chi connectivity index (χ1n) is 8.10. The molecule has 2 aromatic carbocycles. The zero-order valence-corrected chi connectivity index (χ0v) is 17.2. The van der Waals surface area contributed by atoms with Gasteiger partial charge in [-0.1, -0.05) is 35.5 Å². The number of rotatable bonds is 6. The van der Waals surface area contributed by atoms with Crippen LogP contribution in [0.3, 0.4) is 0 Å². The van der Waals surface area contributed by atoms with Crippen molar-refractivity contribution < 1.29 is 13.2 Å². The van der Waals surface area contributed by atoms with Crippen LogP contribution in [-0.2, 0) is 14.8 Å². The fraction of sp³-hybridized carbons (Fsp3) is 0.111. The molecule has 0 saturated carbocycles. The van der Waals surface area contributed by atoms with Crippen molar-refractivity contribution in [2.75, 3.05) is 11.1 Å². The maximum Gasteiger partial charge on any atom is 0.238 e. The molecular formula is C18H17ClN4O3S2. The number of amides is 1. The van der Waals surface area contributed by atoms with Crippen LogP contribution in [0.5, 0.6) is 0 Å². The van der Waals surface area contributed by atoms with Gasteiger partial charge in [-0.05, 0) is 42.8 Å². The van der Waals surface area contributed by atoms with E-state index < -0.39 is 10.0 Å². The van der Waals surface area contributed by atoms with Gasteiger partial charge < -0.3 is 5.32 Å². The summed E-state index contributed by atoms with van der Waals surface area (Å²) >= 11 is 7.44. The summed E-state index contributed by atoms with van der Waals surface area (Å²) in [5, 5.41) is 9.05. The number of nitrogens with one attached hydrogen (secondary N) is 1. The second-order valence-corrected chi connectivity index (χ2v) is 8.78. The molecule has 0 aliphatic heterocycles. The quantitative estimate of drug-likeness (QED) is 0.577. The minimum atomic E-state index is -3.83. The van der Waals surface area contributed by atoms with Crippen LogP contribution in [0.4, 0.5) is 5.69 Å². The van der Waals surface area contributed by atoms with Crippen molar-refractivity contribution in [1.29, 1.82) is 0 Å². The Morgan fingerprint density at radius 1 is 1.29 bits per heavy atom. The van der Waals surface area contributed by atoms with Gasteiger partial charge in [-0.15, -0.1) is 0 Å². The van der Waals surface area contributed by atoms with Crippen molar-refractivity contribution in [3.05, 3.63) is 65.4 Å². The van der Waals surface area contributed by atoms with E-state index >= 15 is 0 Å². The monoisotopic (exact) mass is 436 g/mol. The zero-order valence-electron chi connectivity index (χ0n) is 14.8. The molecule has 0 aliphatic carbocycles. The molecule has 3 rings (SSSR count). The molecule has 10 heteroatoms. The molecule has 0 spiro atoms. The van der Waals surface area contributed by atoms with Gasteiger partial charge in [-0.2, -0.15) is 0 Å². The number of benzene rings is 2. The Hall–Kier alpha value is -2.33. The summed E-state index contributed by atoms with van der Waals surface area (Å²) in [7, 11) is -3.83. The fourth-order valence-electron chi connectivity index (χ4n) is 2.51. The van der Waals surface area contributed by atoms with E-state index in [2.05, 4.69) is 10.3 Å². The van der Waals surface area contributed by atoms with E-state index in [0.717, 1.165) is 11.3 Å². The van der Waals surface area contributed by atoms with Crippen molar-refractivity contribution in [1.82, 2.24) is 9.55 Å². The third-order valence-electron chi connectivity index (χ3n) is 3.88. The van der Waals surface area contributed by atoms with E-state index in [1.165, 1.54) is 30.0 Å². The standard InChI is InChI=1S/C18H17ClN4O3S2/c1-12-15(19)6-3-7-16(12)23-9-8-21-18(23)27-11-17(24)22-13-4-2-5-14(10-13)28(20,25)26/h2-10H,11H2,1H3,(H,22,24)(H2,20,25,26). The second kappa shape index (κ2) is 8.36. The number of carbonyl (C=O) groups is 1. The van der Waals surface area contributed by atoms with Crippen molar-refractivity contribution in [3.63, 3.8) is 0 Å². The minimum absolute atomic E-state index is 0.0649. The fourth-order valence-corrected chi connectivity index (χ4v) is 4.01. The maximum absolute atomic E-state index is 12.3. The van der Waals surface area contributed by atoms with Crippen molar-refractivity contribution >= 4 is 45.0 Å². The van der Waals surface area contributed by atoms with Crippen LogP contribution in [0.1, 0.15) is 5.56 Å². The van der Waals surface area contributed by atoms with Gasteiger partial charge in [-0.3, -0.25) is 9.36 Å². The molecule has 0 atom stereocenters. The van der Waals surface area contributed by atoms with Gasteiger partial charge in [-0.25, -0.2) is 18.5 Å². The predicted octanol–water partition coefficient (Wildman–Crippen LogP) is 3.21. The van der Waals surface area contributed by atoms with Crippen LogP contribution in [-0.4, -0.2) is 29.6 Å². The Morgan fingerprint density at radius 3 is 2.79 bits per heavy atom. The van der Waals surface area contributed by atoms with E-state index in [0.29, 0.717) is 15.9 Å². The highest BCUT2D eigenvalue weighted by atomic mass is 35.5. The molecule has 0 bridgehead atoms. The number of nitrogens with two attached hydrogens (primary N) is 1. The molecule has 146 valence electrons. The van der Waals surface area contributed by atoms with E-state index in [9.17, 15) is 13.2 Å². The number of aromatic nitrogens is 2. The molecule has 0 aliphatic rings. The second-order valence-electron chi connectivity index (χ2n) is 5.87. The topological polar surface area (TPSA) is 107 Å². The largest absolute Gasteiger partial charge is 0.325 e. The number of carbonyl (C=O) groups excluding carboxylic acids is 1. The lowest BCUT2D eigenvalue weighted by molar-refractivity contribution is -0.113. The first-order chi connectivity index (χ1) is 13.3. The molecule has 0 unspecified atom stereocenters. The molecule has 1 aromatic heterocycles. The first kappa shape index (κ1) is 20.4. The summed E-state index contributed by atoms with van der Waals surface area (Å²) in [5.74, 6) is -0.204. The van der Waals surface area contributed by atoms with Gasteiger partial charge in [0.1, 0.15) is 0 Å². The number of thioether (sulfide) groups is 1. The lowest BCUT2D eigenvalue weighted by Crippen LogP contribution is -2.16. The highest BCUT2D eigenvalue weighted by Crippen LogP contribution is 2.26. The van der Waals surface area contributed by atoms with Crippen molar-refractivity contribution in [2.24, 2.45) is 5.14 Å². The predicted molar refractivity (Wildman–Crippen MR) is 110 cm³/mol. The average molecular weight is 437 g/mol. The Bertz CT molecular complexity index is 1130. The molecular weight excluding hydrogens is 420 g/mol. The van der Waals surface area contributed by atoms with Gasteiger partial charge in [0.15, 0.2) is 5.16 Å². The Kier molecular flexibility index (Phi) is 6.09. The van der Waals surface area contributed by atoms with Crippen LogP contribution in [0.15, 0.2) is 64.9 Å². The third-order valence-corrected chi connectivity index (χ3v) is 6.17. The summed E-state index contributed by atoms with van der Waals surface area (Å²) in [6.45, 7) is 1.91. The minimum Gasteiger partial charge on any atom is -0.325 e. The number of nitrogens with zero attached hydrogens (tertiary/aromatic N) is 2. The molecule has 1 amide bonds. The summed E-state index contributed by atoms with van der Waals surface area (Å²) < 4.78 is 24.7. The summed E-state index contributed by atoms with van der Waals surface area (Å²) in [6.07, 6.45) is 3.45. The van der Waals surface area contributed by atoms with Gasteiger partial charge >= 0.3 is 0 Å². The molecule has 0 radical (unpaired) electrons. The zero-order chi connectivity index (χ0) is 20.3. The number of hydrogen-bond acceptors (Lipinski definition) is 5. The number of hydrogen-bond donors (Lipinski definition) is 2. The maximum atomic E-state index is 12.3. The van der Waals surface area contributed by atoms with Gasteiger partial charge in [0, 0.05) is 23.1 Å². The molecule has 3 aromatic rings. The highest BCUT2D eigenvalue weighted by molar-refractivity contribution is 7.99. The smallest absolute Gasteiger partial charge is 0.238 e. The van der Waals surface area contributed by atoms with Crippen molar-refractivity contribution in [3.8, 4) is 5.69 Å². The summed E-state index contributed by atoms with van der Waals surface area (Å²) in [5.41, 5.74) is 2.15. The molecule has 3 N–H and O–H groups in total. The Labute approximate surface area is 172 Å². The van der Waals surface area contributed by atoms with Crippen LogP contribution in [0.2, 0.25) is 5.02 Å². The Balaban J connectivity index is 1.70. The molecule has 28 heavy (non-hydrogen) atoms. The van der Waals surface area contributed by atoms with E-state index in [1.54, 1.807) is 18.5 Å². The average Bonchev–Trinajstić information content (AvgIpc) is 3.10. The number of halogens is 1. The van der Waals surface area contributed by atoms with Crippen LogP contribution >= 0.6 is 23.4 Å². The normalized spacial score (nSPS) is 11.4. The van der Waals surface area contributed by atoms with Gasteiger partial charge in [0.05, 0.1) is 16.3 Å². The summed E-state index contributed by atoms with van der Waals surface area (Å²) in [4.78, 5) is 16.5. The summed E-state index contributed by atoms with van der Waals surface area (Å²) in [6, 6.07) is 11.4. The number of anilines is 1. The third kappa shape index (κ3) is 4.74. The van der Waals surface area contributed by atoms with Crippen LogP contribution in [0.25, 0.3) is 5.69 Å². The van der Waals surface area contributed by atoms with Gasteiger partial charge in [0.25, 0.3) is 0 Å². The van der Waals surface area contributed by atoms with E-state index in [-0.39, 0.29) is 16.6 Å². The van der Waals surface area contributed by atoms with Crippen LogP contribution < -0.4 is 10.5 Å².